The summed E-state index contributed by atoms with van der Waals surface area (Å²) in [6.07, 6.45) is 2.26. The van der Waals surface area contributed by atoms with Gasteiger partial charge in [-0.05, 0) is 37.0 Å². The van der Waals surface area contributed by atoms with Gasteiger partial charge in [0, 0.05) is 44.5 Å². The molecule has 1 aromatic carbocycles. The maximum Gasteiger partial charge on any atom is 0.317 e. The summed E-state index contributed by atoms with van der Waals surface area (Å²) < 4.78 is 5.70. The summed E-state index contributed by atoms with van der Waals surface area (Å²) in [5.41, 5.74) is 1.85. The van der Waals surface area contributed by atoms with Crippen LogP contribution in [0.1, 0.15) is 25.3 Å². The molecular weight excluding hydrogens is 500 g/mol. The molecule has 12 heteroatoms. The Morgan fingerprint density at radius 2 is 1.51 bits per heavy atom. The highest BCUT2D eigenvalue weighted by atomic mass is 32.1. The van der Waals surface area contributed by atoms with E-state index >= 15 is 0 Å². The van der Waals surface area contributed by atoms with E-state index in [1.54, 1.807) is 9.80 Å². The van der Waals surface area contributed by atoms with Gasteiger partial charge >= 0.3 is 17.9 Å². The second kappa shape index (κ2) is 16.3. The highest BCUT2D eigenvalue weighted by Gasteiger charge is 2.26. The van der Waals surface area contributed by atoms with Crippen LogP contribution in [0.3, 0.4) is 0 Å². The number of aliphatic carboxylic acids is 3. The molecule has 0 saturated carbocycles. The SMILES string of the molecule is CCCC(=S)Nc1ccc(CC2CN(CC(=O)O)CCN(CC(=O)O)CCOCCN2CC(=O)O)cc1. The quantitative estimate of drug-likeness (QED) is 0.302. The largest absolute Gasteiger partial charge is 0.480 e. The third-order valence-electron chi connectivity index (χ3n) is 6.03. The predicted molar refractivity (Wildman–Crippen MR) is 143 cm³/mol. The van der Waals surface area contributed by atoms with Gasteiger partial charge in [-0.25, -0.2) is 0 Å². The van der Waals surface area contributed by atoms with Crippen LogP contribution in [0.25, 0.3) is 0 Å². The number of nitrogens with zero attached hydrogens (tertiary/aromatic N) is 3. The van der Waals surface area contributed by atoms with Crippen LogP contribution in [-0.2, 0) is 25.5 Å². The smallest absolute Gasteiger partial charge is 0.317 e. The molecule has 11 nitrogen and oxygen atoms in total. The fourth-order valence-electron chi connectivity index (χ4n) is 4.27. The summed E-state index contributed by atoms with van der Waals surface area (Å²) in [6, 6.07) is 7.47. The summed E-state index contributed by atoms with van der Waals surface area (Å²) in [4.78, 5) is 40.6. The van der Waals surface area contributed by atoms with E-state index in [2.05, 4.69) is 12.2 Å². The second-order valence-electron chi connectivity index (χ2n) is 9.13. The number of carboxylic acid groups (broad SMARTS) is 3. The normalized spacial score (nSPS) is 18.9. The third kappa shape index (κ3) is 12.4. The van der Waals surface area contributed by atoms with Crippen LogP contribution in [0.15, 0.2) is 24.3 Å². The number of anilines is 1. The maximum atomic E-state index is 11.7. The van der Waals surface area contributed by atoms with Crippen molar-refractivity contribution in [2.24, 2.45) is 0 Å². The molecule has 0 bridgehead atoms. The molecule has 1 aliphatic rings. The number of hydrogen-bond donors (Lipinski definition) is 4. The minimum Gasteiger partial charge on any atom is -0.480 e. The van der Waals surface area contributed by atoms with Gasteiger partial charge in [-0.1, -0.05) is 31.3 Å². The number of hydrogen-bond acceptors (Lipinski definition) is 8. The molecule has 1 heterocycles. The van der Waals surface area contributed by atoms with E-state index in [4.69, 9.17) is 17.0 Å². The molecular formula is C25H38N4O7S. The Morgan fingerprint density at radius 3 is 2.14 bits per heavy atom. The Kier molecular flexibility index (Phi) is 13.4. The molecule has 0 aliphatic carbocycles. The zero-order chi connectivity index (χ0) is 27.2. The van der Waals surface area contributed by atoms with Crippen molar-refractivity contribution in [3.8, 4) is 0 Å². The van der Waals surface area contributed by atoms with Gasteiger partial charge in [0.2, 0.25) is 0 Å². The number of rotatable bonds is 11. The Morgan fingerprint density at radius 1 is 0.919 bits per heavy atom. The van der Waals surface area contributed by atoms with Crippen molar-refractivity contribution < 1.29 is 34.4 Å². The van der Waals surface area contributed by atoms with Gasteiger partial charge in [0.05, 0.1) is 37.8 Å². The minimum absolute atomic E-state index is 0.166. The topological polar surface area (TPSA) is 143 Å². The molecule has 1 aromatic rings. The Balaban J connectivity index is 2.25. The van der Waals surface area contributed by atoms with E-state index in [1.807, 2.05) is 29.2 Å². The summed E-state index contributed by atoms with van der Waals surface area (Å²) in [5, 5.41) is 31.5. The summed E-state index contributed by atoms with van der Waals surface area (Å²) in [7, 11) is 0. The molecule has 0 spiro atoms. The first kappa shape index (κ1) is 30.6. The molecule has 1 aliphatic heterocycles. The molecule has 1 fully saturated rings. The number of nitrogens with one attached hydrogen (secondary N) is 1. The number of thiocarbonyl (C=S) groups is 1. The van der Waals surface area contributed by atoms with Gasteiger partial charge in [-0.2, -0.15) is 0 Å². The van der Waals surface area contributed by atoms with Crippen molar-refractivity contribution in [2.75, 3.05) is 70.9 Å². The summed E-state index contributed by atoms with van der Waals surface area (Å²) >= 11 is 5.33. The van der Waals surface area contributed by atoms with Crippen molar-refractivity contribution in [3.63, 3.8) is 0 Å². The third-order valence-corrected chi connectivity index (χ3v) is 6.34. The van der Waals surface area contributed by atoms with Crippen molar-refractivity contribution >= 4 is 40.8 Å². The predicted octanol–water partition coefficient (Wildman–Crippen LogP) is 1.33. The highest BCUT2D eigenvalue weighted by Crippen LogP contribution is 2.16. The maximum absolute atomic E-state index is 11.7. The van der Waals surface area contributed by atoms with Gasteiger partial charge in [0.15, 0.2) is 0 Å². The van der Waals surface area contributed by atoms with E-state index in [1.165, 1.54) is 0 Å². The fourth-order valence-corrected chi connectivity index (χ4v) is 4.59. The lowest BCUT2D eigenvalue weighted by Gasteiger charge is -2.36. The molecule has 1 saturated heterocycles. The summed E-state index contributed by atoms with van der Waals surface area (Å²) in [6.45, 7) is 3.76. The second-order valence-corrected chi connectivity index (χ2v) is 9.62. The van der Waals surface area contributed by atoms with Crippen molar-refractivity contribution in [2.45, 2.75) is 32.2 Å². The van der Waals surface area contributed by atoms with Gasteiger partial charge in [0.1, 0.15) is 0 Å². The Labute approximate surface area is 223 Å². The van der Waals surface area contributed by atoms with Crippen molar-refractivity contribution in [3.05, 3.63) is 29.8 Å². The van der Waals surface area contributed by atoms with Gasteiger partial charge in [-0.15, -0.1) is 0 Å². The fraction of sp³-hybridized carbons (Fsp3) is 0.600. The molecule has 37 heavy (non-hydrogen) atoms. The summed E-state index contributed by atoms with van der Waals surface area (Å²) in [5.74, 6) is -2.93. The molecule has 0 amide bonds. The first-order chi connectivity index (χ1) is 17.7. The first-order valence-corrected chi connectivity index (χ1v) is 12.9. The van der Waals surface area contributed by atoms with Crippen molar-refractivity contribution in [1.82, 2.24) is 14.7 Å². The average molecular weight is 539 g/mol. The lowest BCUT2D eigenvalue weighted by atomic mass is 10.0. The van der Waals surface area contributed by atoms with Gasteiger partial charge in [0.25, 0.3) is 0 Å². The first-order valence-electron chi connectivity index (χ1n) is 12.5. The van der Waals surface area contributed by atoms with E-state index in [-0.39, 0.29) is 32.3 Å². The molecule has 4 N–H and O–H groups in total. The zero-order valence-corrected chi connectivity index (χ0v) is 22.1. The molecule has 0 radical (unpaired) electrons. The average Bonchev–Trinajstić information content (AvgIpc) is 2.80. The molecule has 0 aromatic heterocycles. The molecule has 1 unspecified atom stereocenters. The zero-order valence-electron chi connectivity index (χ0n) is 21.3. The molecule has 1 atom stereocenters. The van der Waals surface area contributed by atoms with E-state index in [0.29, 0.717) is 45.8 Å². The molecule has 2 rings (SSSR count). The van der Waals surface area contributed by atoms with Gasteiger partial charge < -0.3 is 25.4 Å². The van der Waals surface area contributed by atoms with E-state index in [9.17, 15) is 29.7 Å². The van der Waals surface area contributed by atoms with Crippen LogP contribution in [0, 0.1) is 0 Å². The number of benzene rings is 1. The number of ether oxygens (including phenoxy) is 1. The Hall–Kier alpha value is -2.64. The Bertz CT molecular complexity index is 900. The van der Waals surface area contributed by atoms with Crippen LogP contribution in [0.2, 0.25) is 0 Å². The lowest BCUT2D eigenvalue weighted by Crippen LogP contribution is -2.51. The standard InChI is InChI=1S/C25H38N4O7S/c1-2-3-22(37)26-20-6-4-19(5-7-20)14-21-15-28(17-24(32)33)9-8-27(16-23(30)31)10-12-36-13-11-29(21)18-25(34)35/h4-7,21H,2-3,8-18H2,1H3,(H,26,37)(H,30,31)(H,32,33)(H,34,35). The van der Waals surface area contributed by atoms with Crippen LogP contribution < -0.4 is 5.32 Å². The van der Waals surface area contributed by atoms with Gasteiger partial charge in [-0.3, -0.25) is 29.1 Å². The van der Waals surface area contributed by atoms with E-state index < -0.39 is 17.9 Å². The number of carboxylic acids is 3. The minimum atomic E-state index is -0.998. The van der Waals surface area contributed by atoms with Crippen LogP contribution in [-0.4, -0.2) is 125 Å². The van der Waals surface area contributed by atoms with Crippen LogP contribution >= 0.6 is 12.2 Å². The highest BCUT2D eigenvalue weighted by molar-refractivity contribution is 7.80. The number of carbonyl (C=O) groups is 3. The van der Waals surface area contributed by atoms with E-state index in [0.717, 1.165) is 29.1 Å². The monoisotopic (exact) mass is 538 g/mol. The van der Waals surface area contributed by atoms with Crippen molar-refractivity contribution in [1.29, 1.82) is 0 Å². The van der Waals surface area contributed by atoms with Crippen LogP contribution in [0.5, 0.6) is 0 Å². The lowest BCUT2D eigenvalue weighted by molar-refractivity contribution is -0.141. The molecule has 206 valence electrons. The van der Waals surface area contributed by atoms with Crippen LogP contribution in [0.4, 0.5) is 5.69 Å².